The van der Waals surface area contributed by atoms with Gasteiger partial charge in [-0.3, -0.25) is 14.5 Å². The molecule has 2 aromatic carbocycles. The van der Waals surface area contributed by atoms with E-state index >= 15 is 0 Å². The lowest BCUT2D eigenvalue weighted by molar-refractivity contribution is -0.124. The molecular formula is C28H32N4O2. The fourth-order valence-corrected chi connectivity index (χ4v) is 4.42. The number of rotatable bonds is 6. The molecule has 0 radical (unpaired) electrons. The van der Waals surface area contributed by atoms with Gasteiger partial charge in [0.2, 0.25) is 11.8 Å². The number of aryl methyl sites for hydroxylation is 3. The minimum Gasteiger partial charge on any atom is -0.324 e. The molecule has 1 aromatic heterocycles. The lowest BCUT2D eigenvalue weighted by Gasteiger charge is -2.36. The highest BCUT2D eigenvalue weighted by molar-refractivity contribution is 5.96. The molecule has 1 aliphatic heterocycles. The molecule has 1 aliphatic rings. The molecule has 6 heteroatoms. The summed E-state index contributed by atoms with van der Waals surface area (Å²) in [5.74, 6) is 0.421. The van der Waals surface area contributed by atoms with E-state index in [9.17, 15) is 9.59 Å². The van der Waals surface area contributed by atoms with Crippen molar-refractivity contribution in [3.63, 3.8) is 0 Å². The molecule has 2 heterocycles. The van der Waals surface area contributed by atoms with Crippen molar-refractivity contribution in [2.24, 2.45) is 5.92 Å². The molecule has 1 unspecified atom stereocenters. The van der Waals surface area contributed by atoms with Gasteiger partial charge in [0.05, 0.1) is 0 Å². The molecule has 2 N–H and O–H groups in total. The number of pyridine rings is 1. The molecule has 0 spiro atoms. The Morgan fingerprint density at radius 2 is 1.62 bits per heavy atom. The number of nitrogens with zero attached hydrogens (tertiary/aromatic N) is 2. The maximum absolute atomic E-state index is 13.5. The summed E-state index contributed by atoms with van der Waals surface area (Å²) in [6.07, 6.45) is 3.13. The maximum atomic E-state index is 13.5. The van der Waals surface area contributed by atoms with Gasteiger partial charge >= 0.3 is 0 Å². The zero-order valence-electron chi connectivity index (χ0n) is 20.0. The van der Waals surface area contributed by atoms with Gasteiger partial charge in [0.25, 0.3) is 0 Å². The van der Waals surface area contributed by atoms with E-state index in [4.69, 9.17) is 0 Å². The molecule has 0 bridgehead atoms. The summed E-state index contributed by atoms with van der Waals surface area (Å²) in [6.45, 7) is 7.32. The van der Waals surface area contributed by atoms with Crippen molar-refractivity contribution >= 4 is 23.3 Å². The minimum atomic E-state index is -0.413. The Balaban J connectivity index is 1.45. The fourth-order valence-electron chi connectivity index (χ4n) is 4.42. The third-order valence-electron chi connectivity index (χ3n) is 6.44. The van der Waals surface area contributed by atoms with E-state index in [0.29, 0.717) is 31.7 Å². The van der Waals surface area contributed by atoms with Crippen LogP contribution in [-0.4, -0.2) is 34.8 Å². The number of likely N-dealkylation sites (tertiary alicyclic amines) is 1. The normalized spacial score (nSPS) is 15.5. The van der Waals surface area contributed by atoms with Crippen LogP contribution in [0.15, 0.2) is 66.9 Å². The highest BCUT2D eigenvalue weighted by atomic mass is 16.2. The summed E-state index contributed by atoms with van der Waals surface area (Å²) in [6, 6.07) is 19.3. The Morgan fingerprint density at radius 3 is 2.29 bits per heavy atom. The van der Waals surface area contributed by atoms with Crippen molar-refractivity contribution in [1.29, 1.82) is 0 Å². The van der Waals surface area contributed by atoms with Crippen LogP contribution < -0.4 is 10.6 Å². The van der Waals surface area contributed by atoms with Crippen molar-refractivity contribution < 1.29 is 9.59 Å². The molecular weight excluding hydrogens is 424 g/mol. The Bertz CT molecular complexity index is 1140. The Kier molecular flexibility index (Phi) is 7.38. The van der Waals surface area contributed by atoms with Gasteiger partial charge in [-0.05, 0) is 81.1 Å². The van der Waals surface area contributed by atoms with E-state index in [1.165, 1.54) is 0 Å². The SMILES string of the molecule is Cc1ccc(NC(=O)C2CCN(C(C(=O)Nc3cc(C)ccc3C)c3ccccc3)CC2)nc1. The molecule has 34 heavy (non-hydrogen) atoms. The topological polar surface area (TPSA) is 74.3 Å². The highest BCUT2D eigenvalue weighted by Gasteiger charge is 2.33. The maximum Gasteiger partial charge on any atom is 0.246 e. The summed E-state index contributed by atoms with van der Waals surface area (Å²) < 4.78 is 0. The molecule has 0 saturated carbocycles. The summed E-state index contributed by atoms with van der Waals surface area (Å²) in [4.78, 5) is 32.8. The van der Waals surface area contributed by atoms with Crippen molar-refractivity contribution in [3.05, 3.63) is 89.1 Å². The molecule has 2 amide bonds. The molecule has 1 saturated heterocycles. The fraction of sp³-hybridized carbons (Fsp3) is 0.321. The van der Waals surface area contributed by atoms with Crippen LogP contribution in [0.5, 0.6) is 0 Å². The summed E-state index contributed by atoms with van der Waals surface area (Å²) in [5.41, 5.74) is 4.98. The predicted octanol–water partition coefficient (Wildman–Crippen LogP) is 5.04. The number of hydrogen-bond donors (Lipinski definition) is 2. The molecule has 3 aromatic rings. The average Bonchev–Trinajstić information content (AvgIpc) is 2.84. The zero-order chi connectivity index (χ0) is 24.1. The van der Waals surface area contributed by atoms with Gasteiger partial charge in [-0.2, -0.15) is 0 Å². The van der Waals surface area contributed by atoms with Gasteiger partial charge in [0.1, 0.15) is 11.9 Å². The van der Waals surface area contributed by atoms with Gasteiger partial charge < -0.3 is 10.6 Å². The van der Waals surface area contributed by atoms with E-state index < -0.39 is 6.04 Å². The van der Waals surface area contributed by atoms with Crippen LogP contribution in [0.1, 0.15) is 41.1 Å². The number of nitrogens with one attached hydrogen (secondary N) is 2. The van der Waals surface area contributed by atoms with E-state index in [1.807, 2.05) is 81.4 Å². The van der Waals surface area contributed by atoms with Crippen LogP contribution in [0, 0.1) is 26.7 Å². The first-order chi connectivity index (χ1) is 16.4. The van der Waals surface area contributed by atoms with Crippen molar-refractivity contribution in [3.8, 4) is 0 Å². The van der Waals surface area contributed by atoms with Gasteiger partial charge in [0, 0.05) is 17.8 Å². The quantitative estimate of drug-likeness (QED) is 0.545. The lowest BCUT2D eigenvalue weighted by atomic mass is 9.93. The molecule has 1 atom stereocenters. The first-order valence-corrected chi connectivity index (χ1v) is 11.8. The second-order valence-corrected chi connectivity index (χ2v) is 9.14. The number of amides is 2. The molecule has 6 nitrogen and oxygen atoms in total. The second kappa shape index (κ2) is 10.6. The Labute approximate surface area is 201 Å². The van der Waals surface area contributed by atoms with Crippen LogP contribution in [0.2, 0.25) is 0 Å². The highest BCUT2D eigenvalue weighted by Crippen LogP contribution is 2.29. The van der Waals surface area contributed by atoms with Gasteiger partial charge in [-0.25, -0.2) is 4.98 Å². The van der Waals surface area contributed by atoms with E-state index in [0.717, 1.165) is 27.9 Å². The summed E-state index contributed by atoms with van der Waals surface area (Å²) in [5, 5.41) is 6.08. The number of benzene rings is 2. The second-order valence-electron chi connectivity index (χ2n) is 9.14. The van der Waals surface area contributed by atoms with E-state index in [2.05, 4.69) is 20.5 Å². The first kappa shape index (κ1) is 23.6. The largest absolute Gasteiger partial charge is 0.324 e. The minimum absolute atomic E-state index is 0.00731. The number of aromatic nitrogens is 1. The van der Waals surface area contributed by atoms with E-state index in [1.54, 1.807) is 6.20 Å². The number of hydrogen-bond acceptors (Lipinski definition) is 4. The molecule has 4 rings (SSSR count). The predicted molar refractivity (Wildman–Crippen MR) is 136 cm³/mol. The third kappa shape index (κ3) is 5.69. The van der Waals surface area contributed by atoms with Gasteiger partial charge in [-0.1, -0.05) is 48.5 Å². The molecule has 176 valence electrons. The van der Waals surface area contributed by atoms with Crippen LogP contribution in [0.4, 0.5) is 11.5 Å². The van der Waals surface area contributed by atoms with Crippen LogP contribution in [0.25, 0.3) is 0 Å². The van der Waals surface area contributed by atoms with Crippen LogP contribution in [0.3, 0.4) is 0 Å². The lowest BCUT2D eigenvalue weighted by Crippen LogP contribution is -2.44. The van der Waals surface area contributed by atoms with E-state index in [-0.39, 0.29) is 17.7 Å². The average molecular weight is 457 g/mol. The Morgan fingerprint density at radius 1 is 0.912 bits per heavy atom. The molecule has 1 fully saturated rings. The van der Waals surface area contributed by atoms with Crippen molar-refractivity contribution in [1.82, 2.24) is 9.88 Å². The number of carbonyl (C=O) groups excluding carboxylic acids is 2. The number of piperidine rings is 1. The summed E-state index contributed by atoms with van der Waals surface area (Å²) >= 11 is 0. The van der Waals surface area contributed by atoms with Gasteiger partial charge in [-0.15, -0.1) is 0 Å². The van der Waals surface area contributed by atoms with Crippen LogP contribution >= 0.6 is 0 Å². The monoisotopic (exact) mass is 456 g/mol. The standard InChI is InChI=1S/C28H32N4O2/c1-19-9-11-21(3)24(17-19)30-28(34)26(22-7-5-4-6-8-22)32-15-13-23(14-16-32)27(33)31-25-12-10-20(2)18-29-25/h4-12,17-18,23,26H,13-16H2,1-3H3,(H,30,34)(H,29,31,33). The zero-order valence-corrected chi connectivity index (χ0v) is 20.0. The number of carbonyl (C=O) groups is 2. The summed E-state index contributed by atoms with van der Waals surface area (Å²) in [7, 11) is 0. The third-order valence-corrected chi connectivity index (χ3v) is 6.44. The molecule has 0 aliphatic carbocycles. The van der Waals surface area contributed by atoms with Crippen molar-refractivity contribution in [2.75, 3.05) is 23.7 Å². The van der Waals surface area contributed by atoms with Crippen LogP contribution in [-0.2, 0) is 9.59 Å². The smallest absolute Gasteiger partial charge is 0.246 e. The Hall–Kier alpha value is -3.51. The van der Waals surface area contributed by atoms with Crippen molar-refractivity contribution in [2.45, 2.75) is 39.7 Å². The number of anilines is 2. The van der Waals surface area contributed by atoms with Gasteiger partial charge in [0.15, 0.2) is 0 Å². The first-order valence-electron chi connectivity index (χ1n) is 11.8.